The number of ether oxygens (including phenoxy) is 2. The molecule has 7 nitrogen and oxygen atoms in total. The van der Waals surface area contributed by atoms with Crippen LogP contribution in [0.5, 0.6) is 11.5 Å². The van der Waals surface area contributed by atoms with Gasteiger partial charge in [0.25, 0.3) is 5.76 Å². The number of thioether (sulfide) groups is 1. The topological polar surface area (TPSA) is 79.9 Å². The zero-order chi connectivity index (χ0) is 24.4. The Bertz CT molecular complexity index is 928. The minimum absolute atomic E-state index is 0.0181. The fourth-order valence-corrected chi connectivity index (χ4v) is 3.36. The Balaban J connectivity index is 1.91. The molecule has 33 heavy (non-hydrogen) atoms. The standard InChI is InChI=1S/C23H29F2N3O4S/c1-5-31-19-12-9-17(13-20(19)32-6-2)26-21(29)14-28(4)15(3)22(30)27-16-7-10-18(11-8-16)33-23(24)25/h7-13,15,23H,5-6,14H2,1-4H3,(H,26,29)(H,27,30). The van der Waals surface area contributed by atoms with Crippen LogP contribution in [0.1, 0.15) is 20.8 Å². The number of amides is 2. The van der Waals surface area contributed by atoms with Crippen molar-refractivity contribution in [2.24, 2.45) is 0 Å². The molecular formula is C23H29F2N3O4S. The van der Waals surface area contributed by atoms with E-state index in [0.717, 1.165) is 0 Å². The maximum Gasteiger partial charge on any atom is 0.288 e. The van der Waals surface area contributed by atoms with Crippen LogP contribution in [-0.2, 0) is 9.59 Å². The van der Waals surface area contributed by atoms with E-state index in [2.05, 4.69) is 10.6 Å². The summed E-state index contributed by atoms with van der Waals surface area (Å²) in [5.41, 5.74) is 1.04. The predicted octanol–water partition coefficient (Wildman–Crippen LogP) is 4.70. The number of nitrogens with zero attached hydrogens (tertiary/aromatic N) is 1. The maximum absolute atomic E-state index is 12.5. The Hall–Kier alpha value is -2.85. The van der Waals surface area contributed by atoms with Crippen molar-refractivity contribution < 1.29 is 27.8 Å². The van der Waals surface area contributed by atoms with E-state index in [1.807, 2.05) is 13.8 Å². The van der Waals surface area contributed by atoms with E-state index in [9.17, 15) is 18.4 Å². The maximum atomic E-state index is 12.5. The smallest absolute Gasteiger partial charge is 0.288 e. The lowest BCUT2D eigenvalue weighted by atomic mass is 10.2. The second-order valence-electron chi connectivity index (χ2n) is 7.06. The first-order chi connectivity index (χ1) is 15.7. The summed E-state index contributed by atoms with van der Waals surface area (Å²) in [6, 6.07) is 10.7. The van der Waals surface area contributed by atoms with Crippen molar-refractivity contribution in [3.05, 3.63) is 42.5 Å². The summed E-state index contributed by atoms with van der Waals surface area (Å²) in [4.78, 5) is 27.0. The van der Waals surface area contributed by atoms with Gasteiger partial charge < -0.3 is 20.1 Å². The Morgan fingerprint density at radius 1 is 0.970 bits per heavy atom. The second kappa shape index (κ2) is 13.0. The monoisotopic (exact) mass is 481 g/mol. The molecule has 0 aliphatic heterocycles. The van der Waals surface area contributed by atoms with Gasteiger partial charge in [-0.2, -0.15) is 8.78 Å². The van der Waals surface area contributed by atoms with Crippen LogP contribution in [0.3, 0.4) is 0 Å². The first-order valence-electron chi connectivity index (χ1n) is 10.5. The molecule has 1 atom stereocenters. The first kappa shape index (κ1) is 26.4. The van der Waals surface area contributed by atoms with Crippen molar-refractivity contribution >= 4 is 35.0 Å². The van der Waals surface area contributed by atoms with Gasteiger partial charge in [-0.05, 0) is 64.2 Å². The number of rotatable bonds is 12. The lowest BCUT2D eigenvalue weighted by Crippen LogP contribution is -2.43. The van der Waals surface area contributed by atoms with E-state index in [1.165, 1.54) is 12.1 Å². The van der Waals surface area contributed by atoms with Crippen LogP contribution < -0.4 is 20.1 Å². The van der Waals surface area contributed by atoms with E-state index in [0.29, 0.717) is 52.7 Å². The number of hydrogen-bond donors (Lipinski definition) is 2. The number of anilines is 2. The second-order valence-corrected chi connectivity index (χ2v) is 8.12. The van der Waals surface area contributed by atoms with Crippen LogP contribution in [-0.4, -0.2) is 55.3 Å². The third-order valence-electron chi connectivity index (χ3n) is 4.61. The zero-order valence-corrected chi connectivity index (χ0v) is 19.9. The molecule has 10 heteroatoms. The molecule has 0 fully saturated rings. The van der Waals surface area contributed by atoms with Gasteiger partial charge >= 0.3 is 0 Å². The number of carbonyl (C=O) groups is 2. The van der Waals surface area contributed by atoms with Crippen molar-refractivity contribution in [1.82, 2.24) is 4.90 Å². The highest BCUT2D eigenvalue weighted by Crippen LogP contribution is 2.30. The van der Waals surface area contributed by atoms with Crippen molar-refractivity contribution in [2.75, 3.05) is 37.4 Å². The van der Waals surface area contributed by atoms with Crippen LogP contribution in [0.15, 0.2) is 47.4 Å². The average molecular weight is 482 g/mol. The number of halogens is 2. The highest BCUT2D eigenvalue weighted by molar-refractivity contribution is 7.99. The van der Waals surface area contributed by atoms with Crippen LogP contribution in [0.2, 0.25) is 0 Å². The summed E-state index contributed by atoms with van der Waals surface area (Å²) < 4.78 is 35.9. The molecule has 180 valence electrons. The van der Waals surface area contributed by atoms with Gasteiger partial charge in [-0.15, -0.1) is 0 Å². The number of hydrogen-bond acceptors (Lipinski definition) is 6. The number of carbonyl (C=O) groups excluding carboxylic acids is 2. The van der Waals surface area contributed by atoms with Crippen molar-refractivity contribution in [1.29, 1.82) is 0 Å². The fourth-order valence-electron chi connectivity index (χ4n) is 2.86. The van der Waals surface area contributed by atoms with Gasteiger partial charge in [0.15, 0.2) is 11.5 Å². The lowest BCUT2D eigenvalue weighted by molar-refractivity contribution is -0.122. The molecule has 2 rings (SSSR count). The van der Waals surface area contributed by atoms with Crippen molar-refractivity contribution in [3.63, 3.8) is 0 Å². The largest absolute Gasteiger partial charge is 0.490 e. The molecule has 2 aromatic rings. The highest BCUT2D eigenvalue weighted by atomic mass is 32.2. The molecule has 2 N–H and O–H groups in total. The van der Waals surface area contributed by atoms with Gasteiger partial charge in [0.05, 0.1) is 25.8 Å². The SMILES string of the molecule is CCOc1ccc(NC(=O)CN(C)C(C)C(=O)Nc2ccc(SC(F)F)cc2)cc1OCC. The van der Waals surface area contributed by atoms with Gasteiger partial charge in [-0.3, -0.25) is 14.5 Å². The van der Waals surface area contributed by atoms with Gasteiger partial charge in [-0.25, -0.2) is 0 Å². The van der Waals surface area contributed by atoms with E-state index in [1.54, 1.807) is 49.2 Å². The molecule has 2 amide bonds. The number of likely N-dealkylation sites (N-methyl/N-ethyl adjacent to an activating group) is 1. The zero-order valence-electron chi connectivity index (χ0n) is 19.1. The molecular weight excluding hydrogens is 452 g/mol. The van der Waals surface area contributed by atoms with Gasteiger partial charge in [0.1, 0.15) is 0 Å². The average Bonchev–Trinajstić information content (AvgIpc) is 2.76. The molecule has 0 saturated carbocycles. The third-order valence-corrected chi connectivity index (χ3v) is 5.33. The summed E-state index contributed by atoms with van der Waals surface area (Å²) in [6.45, 7) is 6.35. The lowest BCUT2D eigenvalue weighted by Gasteiger charge is -2.23. The quantitative estimate of drug-likeness (QED) is 0.428. The molecule has 0 bridgehead atoms. The van der Waals surface area contributed by atoms with Crippen molar-refractivity contribution in [2.45, 2.75) is 37.5 Å². The summed E-state index contributed by atoms with van der Waals surface area (Å²) in [7, 11) is 1.66. The Morgan fingerprint density at radius 2 is 1.58 bits per heavy atom. The van der Waals surface area contributed by atoms with Crippen LogP contribution in [0.25, 0.3) is 0 Å². The molecule has 2 aromatic carbocycles. The molecule has 0 aromatic heterocycles. The summed E-state index contributed by atoms with van der Waals surface area (Å²) in [6.07, 6.45) is 0. The van der Waals surface area contributed by atoms with Gasteiger partial charge in [0, 0.05) is 22.3 Å². The summed E-state index contributed by atoms with van der Waals surface area (Å²) in [5, 5.41) is 5.52. The van der Waals surface area contributed by atoms with E-state index < -0.39 is 11.8 Å². The molecule has 0 aliphatic rings. The van der Waals surface area contributed by atoms with E-state index >= 15 is 0 Å². The molecule has 1 unspecified atom stereocenters. The van der Waals surface area contributed by atoms with Gasteiger partial charge in [0.2, 0.25) is 11.8 Å². The Kier molecular flexibility index (Phi) is 10.4. The normalized spacial score (nSPS) is 11.9. The predicted molar refractivity (Wildman–Crippen MR) is 126 cm³/mol. The summed E-state index contributed by atoms with van der Waals surface area (Å²) >= 11 is 0.438. The summed E-state index contributed by atoms with van der Waals surface area (Å²) in [5.74, 6) is -1.98. The van der Waals surface area contributed by atoms with Gasteiger partial charge in [-0.1, -0.05) is 11.8 Å². The highest BCUT2D eigenvalue weighted by Gasteiger charge is 2.21. The Labute approximate surface area is 196 Å². The number of benzene rings is 2. The minimum atomic E-state index is -2.50. The third kappa shape index (κ3) is 8.54. The molecule has 0 spiro atoms. The number of nitrogens with one attached hydrogen (secondary N) is 2. The molecule has 0 heterocycles. The molecule has 0 aliphatic carbocycles. The van der Waals surface area contributed by atoms with E-state index in [4.69, 9.17) is 9.47 Å². The van der Waals surface area contributed by atoms with Crippen molar-refractivity contribution in [3.8, 4) is 11.5 Å². The van der Waals surface area contributed by atoms with Crippen LogP contribution >= 0.6 is 11.8 Å². The minimum Gasteiger partial charge on any atom is -0.490 e. The van der Waals surface area contributed by atoms with Crippen LogP contribution in [0.4, 0.5) is 20.2 Å². The van der Waals surface area contributed by atoms with E-state index in [-0.39, 0.29) is 18.4 Å². The Morgan fingerprint density at radius 3 is 2.18 bits per heavy atom. The fraction of sp³-hybridized carbons (Fsp3) is 0.391. The number of alkyl halides is 2. The molecule has 0 radical (unpaired) electrons. The van der Waals surface area contributed by atoms with Crippen LogP contribution in [0, 0.1) is 0 Å². The first-order valence-corrected chi connectivity index (χ1v) is 11.4. The molecule has 0 saturated heterocycles.